The van der Waals surface area contributed by atoms with E-state index in [1.165, 1.54) is 0 Å². The number of amides is 1. The Labute approximate surface area is 85.0 Å². The van der Waals surface area contributed by atoms with Crippen molar-refractivity contribution in [2.75, 3.05) is 6.54 Å². The van der Waals surface area contributed by atoms with E-state index >= 15 is 0 Å². The van der Waals surface area contributed by atoms with Crippen molar-refractivity contribution in [2.45, 2.75) is 46.1 Å². The average molecular weight is 201 g/mol. The molecule has 0 radical (unpaired) electrons. The molecular formula is C10H19NO3. The summed E-state index contributed by atoms with van der Waals surface area (Å²) < 4.78 is 4.88. The quantitative estimate of drug-likeness (QED) is 0.424. The zero-order valence-corrected chi connectivity index (χ0v) is 9.35. The zero-order chi connectivity index (χ0) is 11.2. The van der Waals surface area contributed by atoms with E-state index in [0.29, 0.717) is 6.54 Å². The van der Waals surface area contributed by atoms with Crippen LogP contribution in [-0.4, -0.2) is 24.0 Å². The van der Waals surface area contributed by atoms with Gasteiger partial charge in [-0.15, -0.1) is 0 Å². The summed E-state index contributed by atoms with van der Waals surface area (Å²) in [7, 11) is 0. The van der Waals surface area contributed by atoms with Crippen molar-refractivity contribution in [3.8, 4) is 0 Å². The summed E-state index contributed by atoms with van der Waals surface area (Å²) >= 11 is 0. The van der Waals surface area contributed by atoms with Gasteiger partial charge in [-0.05, 0) is 27.2 Å². The number of esters is 1. The number of nitrogens with one attached hydrogen (secondary N) is 1. The topological polar surface area (TPSA) is 55.4 Å². The summed E-state index contributed by atoms with van der Waals surface area (Å²) in [4.78, 5) is 22.2. The van der Waals surface area contributed by atoms with E-state index < -0.39 is 17.5 Å². The Kier molecular flexibility index (Phi) is 5.20. The maximum absolute atomic E-state index is 11.1. The molecule has 0 spiro atoms. The molecule has 0 atom stereocenters. The number of unbranched alkanes of at least 4 members (excludes halogenated alkanes) is 1. The third-order valence-corrected chi connectivity index (χ3v) is 1.40. The number of hydrogen-bond donors (Lipinski definition) is 1. The largest absolute Gasteiger partial charge is 0.453 e. The maximum Gasteiger partial charge on any atom is 0.397 e. The third-order valence-electron chi connectivity index (χ3n) is 1.40. The molecule has 0 aromatic heterocycles. The van der Waals surface area contributed by atoms with Crippen molar-refractivity contribution in [3.05, 3.63) is 0 Å². The lowest BCUT2D eigenvalue weighted by Gasteiger charge is -2.18. The molecule has 4 heteroatoms. The van der Waals surface area contributed by atoms with Crippen molar-refractivity contribution in [1.29, 1.82) is 0 Å². The molecule has 0 fully saturated rings. The molecule has 0 aliphatic carbocycles. The van der Waals surface area contributed by atoms with Crippen molar-refractivity contribution in [2.24, 2.45) is 0 Å². The second-order valence-electron chi connectivity index (χ2n) is 4.11. The molecule has 0 aromatic rings. The smallest absolute Gasteiger partial charge is 0.397 e. The first-order valence-electron chi connectivity index (χ1n) is 4.88. The minimum absolute atomic E-state index is 0.522. The third kappa shape index (κ3) is 6.46. The van der Waals surface area contributed by atoms with Crippen LogP contribution < -0.4 is 5.32 Å². The lowest BCUT2D eigenvalue weighted by molar-refractivity contribution is -0.163. The predicted molar refractivity (Wildman–Crippen MR) is 53.8 cm³/mol. The fraction of sp³-hybridized carbons (Fsp3) is 0.800. The molecule has 14 heavy (non-hydrogen) atoms. The number of hydrogen-bond acceptors (Lipinski definition) is 3. The van der Waals surface area contributed by atoms with E-state index in [0.717, 1.165) is 12.8 Å². The first-order valence-corrected chi connectivity index (χ1v) is 4.88. The molecule has 4 nitrogen and oxygen atoms in total. The monoisotopic (exact) mass is 201 g/mol. The minimum Gasteiger partial charge on any atom is -0.453 e. The highest BCUT2D eigenvalue weighted by molar-refractivity contribution is 6.32. The van der Waals surface area contributed by atoms with Crippen molar-refractivity contribution < 1.29 is 14.3 Å². The Morgan fingerprint density at radius 2 is 1.86 bits per heavy atom. The van der Waals surface area contributed by atoms with Gasteiger partial charge < -0.3 is 10.1 Å². The van der Waals surface area contributed by atoms with Gasteiger partial charge in [-0.25, -0.2) is 4.79 Å². The van der Waals surface area contributed by atoms with Crippen LogP contribution in [0.3, 0.4) is 0 Å². The molecule has 0 bridgehead atoms. The summed E-state index contributed by atoms with van der Waals surface area (Å²) in [6.07, 6.45) is 1.85. The molecule has 0 aliphatic heterocycles. The number of carbonyl (C=O) groups is 2. The molecule has 0 saturated heterocycles. The fourth-order valence-electron chi connectivity index (χ4n) is 0.775. The zero-order valence-electron chi connectivity index (χ0n) is 9.35. The highest BCUT2D eigenvalue weighted by atomic mass is 16.6. The first-order chi connectivity index (χ1) is 6.37. The summed E-state index contributed by atoms with van der Waals surface area (Å²) in [6, 6.07) is 0. The second kappa shape index (κ2) is 5.62. The van der Waals surface area contributed by atoms with Gasteiger partial charge in [-0.1, -0.05) is 13.3 Å². The average Bonchev–Trinajstić information content (AvgIpc) is 2.01. The van der Waals surface area contributed by atoms with E-state index in [-0.39, 0.29) is 0 Å². The Bertz CT molecular complexity index is 206. The normalized spacial score (nSPS) is 10.9. The van der Waals surface area contributed by atoms with Crippen LogP contribution in [0.25, 0.3) is 0 Å². The van der Waals surface area contributed by atoms with Gasteiger partial charge in [-0.3, -0.25) is 4.79 Å². The van der Waals surface area contributed by atoms with E-state index in [2.05, 4.69) is 5.32 Å². The molecule has 1 N–H and O–H groups in total. The standard InChI is InChI=1S/C10H19NO3/c1-5-6-7-11-8(12)9(13)14-10(2,3)4/h5-7H2,1-4H3,(H,11,12). The van der Waals surface area contributed by atoms with Gasteiger partial charge in [0, 0.05) is 6.54 Å². The molecule has 0 heterocycles. The summed E-state index contributed by atoms with van der Waals surface area (Å²) in [6.45, 7) is 7.72. The maximum atomic E-state index is 11.1. The van der Waals surface area contributed by atoms with Gasteiger partial charge in [0.05, 0.1) is 0 Å². The van der Waals surface area contributed by atoms with Crippen LogP contribution >= 0.6 is 0 Å². The van der Waals surface area contributed by atoms with Gasteiger partial charge >= 0.3 is 11.9 Å². The molecular weight excluding hydrogens is 182 g/mol. The highest BCUT2D eigenvalue weighted by Crippen LogP contribution is 2.06. The number of carbonyl (C=O) groups excluding carboxylic acids is 2. The van der Waals surface area contributed by atoms with E-state index in [1.54, 1.807) is 20.8 Å². The Balaban J connectivity index is 3.83. The second-order valence-corrected chi connectivity index (χ2v) is 4.11. The van der Waals surface area contributed by atoms with Crippen LogP contribution in [0.5, 0.6) is 0 Å². The minimum atomic E-state index is -0.811. The van der Waals surface area contributed by atoms with Gasteiger partial charge in [0.2, 0.25) is 0 Å². The van der Waals surface area contributed by atoms with Crippen LogP contribution in [0.1, 0.15) is 40.5 Å². The molecule has 0 unspecified atom stereocenters. The van der Waals surface area contributed by atoms with Crippen LogP contribution in [0, 0.1) is 0 Å². The Hall–Kier alpha value is -1.06. The number of rotatable bonds is 3. The molecule has 0 rings (SSSR count). The lowest BCUT2D eigenvalue weighted by Crippen LogP contribution is -2.37. The Morgan fingerprint density at radius 1 is 1.29 bits per heavy atom. The molecule has 1 amide bonds. The molecule has 82 valence electrons. The summed E-state index contributed by atoms with van der Waals surface area (Å²) in [5.41, 5.74) is -0.612. The Morgan fingerprint density at radius 3 is 2.29 bits per heavy atom. The van der Waals surface area contributed by atoms with Gasteiger partial charge in [-0.2, -0.15) is 0 Å². The van der Waals surface area contributed by atoms with Gasteiger partial charge in [0.15, 0.2) is 0 Å². The van der Waals surface area contributed by atoms with E-state index in [9.17, 15) is 9.59 Å². The molecule has 0 aromatic carbocycles. The van der Waals surface area contributed by atoms with Gasteiger partial charge in [0.1, 0.15) is 5.60 Å². The molecule has 0 saturated carbocycles. The van der Waals surface area contributed by atoms with Crippen LogP contribution in [0.4, 0.5) is 0 Å². The number of ether oxygens (including phenoxy) is 1. The van der Waals surface area contributed by atoms with Crippen molar-refractivity contribution in [3.63, 3.8) is 0 Å². The summed E-state index contributed by atoms with van der Waals surface area (Å²) in [5.74, 6) is -1.47. The van der Waals surface area contributed by atoms with Gasteiger partial charge in [0.25, 0.3) is 0 Å². The van der Waals surface area contributed by atoms with E-state index in [4.69, 9.17) is 4.74 Å². The molecule has 0 aliphatic rings. The highest BCUT2D eigenvalue weighted by Gasteiger charge is 2.21. The first kappa shape index (κ1) is 12.9. The predicted octanol–water partition coefficient (Wildman–Crippen LogP) is 1.24. The van der Waals surface area contributed by atoms with Crippen LogP contribution in [0.2, 0.25) is 0 Å². The fourth-order valence-corrected chi connectivity index (χ4v) is 0.775. The van der Waals surface area contributed by atoms with Crippen LogP contribution in [0.15, 0.2) is 0 Å². The van der Waals surface area contributed by atoms with Crippen LogP contribution in [-0.2, 0) is 14.3 Å². The lowest BCUT2D eigenvalue weighted by atomic mass is 10.2. The summed E-state index contributed by atoms with van der Waals surface area (Å²) in [5, 5.41) is 2.49. The van der Waals surface area contributed by atoms with E-state index in [1.807, 2.05) is 6.92 Å². The SMILES string of the molecule is CCCCNC(=O)C(=O)OC(C)(C)C. The van der Waals surface area contributed by atoms with Crippen molar-refractivity contribution >= 4 is 11.9 Å². The van der Waals surface area contributed by atoms with Crippen molar-refractivity contribution in [1.82, 2.24) is 5.32 Å².